The van der Waals surface area contributed by atoms with Gasteiger partial charge < -0.3 is 27.7 Å². The Morgan fingerprint density at radius 1 is 0.500 bits per heavy atom. The van der Waals surface area contributed by atoms with Gasteiger partial charge in [-0.15, -0.1) is 71.8 Å². The van der Waals surface area contributed by atoms with E-state index < -0.39 is 11.6 Å². The van der Waals surface area contributed by atoms with Gasteiger partial charge in [0.2, 0.25) is 0 Å². The predicted molar refractivity (Wildman–Crippen MR) is 206 cm³/mol. The fourth-order valence-corrected chi connectivity index (χ4v) is 6.97. The summed E-state index contributed by atoms with van der Waals surface area (Å²) >= 11 is 0. The van der Waals surface area contributed by atoms with Crippen LogP contribution in [0.4, 0.5) is 8.78 Å². The molecule has 0 unspecified atom stereocenters. The van der Waals surface area contributed by atoms with Gasteiger partial charge in [0.05, 0.1) is 11.6 Å². The van der Waals surface area contributed by atoms with Crippen LogP contribution in [-0.2, 0) is 56.2 Å². The van der Waals surface area contributed by atoms with Crippen LogP contribution in [0.3, 0.4) is 0 Å². The van der Waals surface area contributed by atoms with Crippen LogP contribution in [0.15, 0.2) is 122 Å². The van der Waals surface area contributed by atoms with Crippen molar-refractivity contribution in [3.8, 4) is 57.4 Å². The quantitative estimate of drug-likeness (QED) is 0.141. The van der Waals surface area contributed by atoms with Crippen LogP contribution in [0.5, 0.6) is 23.0 Å². The third-order valence-electron chi connectivity index (χ3n) is 9.40. The van der Waals surface area contributed by atoms with Gasteiger partial charge in [-0.25, -0.2) is 18.7 Å². The second kappa shape index (κ2) is 15.6. The molecule has 4 aromatic carbocycles. The Morgan fingerprint density at radius 2 is 0.931 bits per heavy atom. The molecule has 0 aliphatic carbocycles. The van der Waals surface area contributed by atoms with Crippen LogP contribution in [-0.4, -0.2) is 38.2 Å². The summed E-state index contributed by atoms with van der Waals surface area (Å²) < 4.78 is 50.0. The van der Waals surface area contributed by atoms with Crippen molar-refractivity contribution in [2.24, 2.45) is 14.1 Å². The van der Waals surface area contributed by atoms with E-state index in [9.17, 15) is 8.78 Å². The van der Waals surface area contributed by atoms with E-state index in [1.54, 1.807) is 36.7 Å². The minimum absolute atomic E-state index is 0. The monoisotopic (exact) mass is 1130 g/mol. The van der Waals surface area contributed by atoms with Crippen LogP contribution >= 0.6 is 0 Å². The Balaban J connectivity index is 0.00000235. The predicted octanol–water partition coefficient (Wildman–Crippen LogP) is 9.38. The number of rotatable bonds is 8. The summed E-state index contributed by atoms with van der Waals surface area (Å²) in [6, 6.07) is 37.1. The molecule has 0 fully saturated rings. The maximum Gasteiger partial charge on any atom is 2.00 e. The largest absolute Gasteiger partial charge is 2.00 e. The topological polar surface area (TPSA) is 89.7 Å². The summed E-state index contributed by atoms with van der Waals surface area (Å²) in [6.07, 6.45) is 9.98. The minimum Gasteiger partial charge on any atom is -0.503 e. The maximum absolute atomic E-state index is 15.0. The van der Waals surface area contributed by atoms with E-state index in [0.29, 0.717) is 67.5 Å². The summed E-state index contributed by atoms with van der Waals surface area (Å²) in [5.41, 5.74) is 3.88. The first-order valence-electron chi connectivity index (χ1n) is 17.4. The number of nitrogens with zero attached hydrogens (tertiary/aromatic N) is 8. The third kappa shape index (κ3) is 6.82. The molecule has 10 nitrogen and oxygen atoms in total. The smallest absolute Gasteiger partial charge is 0.503 e. The van der Waals surface area contributed by atoms with Crippen molar-refractivity contribution in [2.45, 2.75) is 0 Å². The van der Waals surface area contributed by atoms with Gasteiger partial charge in [0.25, 0.3) is 0 Å². The van der Waals surface area contributed by atoms with Crippen molar-refractivity contribution in [1.29, 1.82) is 0 Å². The molecule has 0 amide bonds. The maximum atomic E-state index is 15.0. The van der Waals surface area contributed by atoms with Crippen LogP contribution < -0.4 is 9.47 Å². The fraction of sp³-hybridized carbons (Fsp3) is 0.0455. The minimum atomic E-state index is -0.472. The van der Waals surface area contributed by atoms with Gasteiger partial charge in [-0.3, -0.25) is 9.97 Å². The SMILES string of the molecule is Cn1ccnc1-c1[c-]c(Oc2[c-]c3c(cc2)c2c(c4ccc(Oc5[c-]c(-c6nccn6C)ccc5)[c-]c4n2-c2cc(F)ccn2)n3-c2cc(F)ccn2)ccc1.[Pt+2].[Pt+2]. The van der Waals surface area contributed by atoms with Crippen LogP contribution in [0, 0.1) is 35.9 Å². The van der Waals surface area contributed by atoms with Crippen molar-refractivity contribution < 1.29 is 60.4 Å². The zero-order chi connectivity index (χ0) is 37.9. The molecular weight excluding hydrogens is 1100 g/mol. The Morgan fingerprint density at radius 3 is 1.33 bits per heavy atom. The average Bonchev–Trinajstić information content (AvgIpc) is 3.98. The Labute approximate surface area is 358 Å². The molecule has 0 N–H and O–H groups in total. The molecule has 0 saturated carbocycles. The molecule has 0 radical (unpaired) electrons. The number of ether oxygens (including phenoxy) is 2. The zero-order valence-corrected chi connectivity index (χ0v) is 34.9. The van der Waals surface area contributed by atoms with E-state index in [4.69, 9.17) is 9.47 Å². The Kier molecular flexibility index (Phi) is 10.4. The van der Waals surface area contributed by atoms with Gasteiger partial charge in [-0.1, -0.05) is 33.9 Å². The molecule has 10 aromatic rings. The van der Waals surface area contributed by atoms with E-state index in [0.717, 1.165) is 22.8 Å². The molecule has 288 valence electrons. The first-order chi connectivity index (χ1) is 27.4. The number of benzene rings is 4. The number of halogens is 2. The van der Waals surface area contributed by atoms with Crippen molar-refractivity contribution in [1.82, 2.24) is 38.2 Å². The van der Waals surface area contributed by atoms with Gasteiger partial charge in [0.1, 0.15) is 23.3 Å². The van der Waals surface area contributed by atoms with Gasteiger partial charge in [0.15, 0.2) is 0 Å². The van der Waals surface area contributed by atoms with Crippen LogP contribution in [0.1, 0.15) is 0 Å². The number of pyridine rings is 2. The van der Waals surface area contributed by atoms with Crippen molar-refractivity contribution in [2.75, 3.05) is 0 Å². The molecule has 0 spiro atoms. The summed E-state index contributed by atoms with van der Waals surface area (Å²) in [4.78, 5) is 18.0. The van der Waals surface area contributed by atoms with E-state index in [-0.39, 0.29) is 42.1 Å². The second-order valence-electron chi connectivity index (χ2n) is 13.0. The van der Waals surface area contributed by atoms with Gasteiger partial charge in [-0.05, 0) is 12.1 Å². The first-order valence-corrected chi connectivity index (χ1v) is 17.4. The summed E-state index contributed by atoms with van der Waals surface area (Å²) in [7, 11) is 3.82. The summed E-state index contributed by atoms with van der Waals surface area (Å²) in [5, 5.41) is 1.39. The normalized spacial score (nSPS) is 11.2. The number of aryl methyl sites for hydroxylation is 2. The third-order valence-corrected chi connectivity index (χ3v) is 9.40. The Hall–Kier alpha value is -6.22. The summed E-state index contributed by atoms with van der Waals surface area (Å²) in [6.45, 7) is 0. The van der Waals surface area contributed by atoms with E-state index in [1.165, 1.54) is 36.7 Å². The van der Waals surface area contributed by atoms with Crippen molar-refractivity contribution in [3.05, 3.63) is 158 Å². The molecule has 58 heavy (non-hydrogen) atoms. The van der Waals surface area contributed by atoms with E-state index in [2.05, 4.69) is 44.2 Å². The fourth-order valence-electron chi connectivity index (χ4n) is 6.97. The van der Waals surface area contributed by atoms with Crippen molar-refractivity contribution in [3.63, 3.8) is 0 Å². The number of imidazole rings is 2. The van der Waals surface area contributed by atoms with E-state index >= 15 is 0 Å². The zero-order valence-electron chi connectivity index (χ0n) is 30.3. The molecule has 0 aliphatic rings. The van der Waals surface area contributed by atoms with Crippen LogP contribution in [0.25, 0.3) is 67.3 Å². The summed E-state index contributed by atoms with van der Waals surface area (Å²) in [5.74, 6) is 2.81. The van der Waals surface area contributed by atoms with Gasteiger partial charge in [0, 0.05) is 97.4 Å². The molecule has 6 heterocycles. The first kappa shape index (κ1) is 38.6. The second-order valence-corrected chi connectivity index (χ2v) is 13.0. The van der Waals surface area contributed by atoms with Gasteiger partial charge in [-0.2, -0.15) is 12.1 Å². The van der Waals surface area contributed by atoms with Crippen LogP contribution in [0.2, 0.25) is 0 Å². The van der Waals surface area contributed by atoms with Gasteiger partial charge >= 0.3 is 42.1 Å². The number of aromatic nitrogens is 8. The number of hydrogen-bond donors (Lipinski definition) is 0. The molecule has 6 aromatic heterocycles. The number of fused-ring (bicyclic) bond motifs is 5. The molecule has 10 rings (SSSR count). The Bertz CT molecular complexity index is 2930. The number of hydrogen-bond acceptors (Lipinski definition) is 6. The van der Waals surface area contributed by atoms with E-state index in [1.807, 2.05) is 81.2 Å². The molecule has 14 heteroatoms. The molecule has 0 saturated heterocycles. The molecular formula is C44H26F2N8O2Pt2. The molecule has 0 atom stereocenters. The van der Waals surface area contributed by atoms with Crippen molar-refractivity contribution >= 4 is 32.8 Å². The average molecular weight is 1130 g/mol. The molecule has 0 bridgehead atoms. The molecule has 0 aliphatic heterocycles. The standard InChI is InChI=1S/C44H26F2N8O2.2Pt/c1-51-19-17-49-43(51)27-5-3-7-31(21-27)55-33-9-11-35-37(25-33)53(39-23-29(45)13-15-47-39)42-36-12-10-34(26-38(36)54(41(35)42)40-24-30(46)14-16-48-40)56-32-8-4-6-28(22-32)44-50-18-20-52(44)2;;/h3-20,23-24H,1-2H3;;/q-4;2*+2.